The molecule has 6 aromatic rings. The zero-order valence-electron chi connectivity index (χ0n) is 34.3. The number of benzene rings is 6. The summed E-state index contributed by atoms with van der Waals surface area (Å²) in [7, 11) is 0. The van der Waals surface area contributed by atoms with Crippen molar-refractivity contribution in [3.05, 3.63) is 167 Å². The Morgan fingerprint density at radius 2 is 0.948 bits per heavy atom. The Hall–Kier alpha value is -6.14. The first kappa shape index (κ1) is 38.7. The minimum absolute atomic E-state index is 0.00568. The highest BCUT2D eigenvalue weighted by molar-refractivity contribution is 6.02. The van der Waals surface area contributed by atoms with Crippen LogP contribution in [0.2, 0.25) is 0 Å². The third kappa shape index (κ3) is 7.06. The summed E-state index contributed by atoms with van der Waals surface area (Å²) in [4.78, 5) is 0. The average molecular weight is 773 g/mol. The van der Waals surface area contributed by atoms with Crippen LogP contribution in [0.15, 0.2) is 133 Å². The Bertz CT molecular complexity index is 2290. The van der Waals surface area contributed by atoms with E-state index in [1.807, 2.05) is 50.2 Å². The van der Waals surface area contributed by atoms with E-state index in [0.717, 1.165) is 91.5 Å². The van der Waals surface area contributed by atoms with Gasteiger partial charge in [0.1, 0.15) is 34.5 Å². The summed E-state index contributed by atoms with van der Waals surface area (Å²) in [6.45, 7) is 13.5. The predicted molar refractivity (Wildman–Crippen MR) is 234 cm³/mol. The van der Waals surface area contributed by atoms with E-state index in [1.54, 1.807) is 0 Å². The summed E-state index contributed by atoms with van der Waals surface area (Å²) in [6, 6.07) is 41.3. The summed E-state index contributed by atoms with van der Waals surface area (Å²) in [5.74, 6) is 4.50. The van der Waals surface area contributed by atoms with Crippen molar-refractivity contribution in [2.75, 3.05) is 13.2 Å². The van der Waals surface area contributed by atoms with Gasteiger partial charge in [0.05, 0.1) is 25.4 Å². The molecule has 0 saturated heterocycles. The fourth-order valence-electron chi connectivity index (χ4n) is 7.97. The van der Waals surface area contributed by atoms with Crippen LogP contribution in [0, 0.1) is 0 Å². The van der Waals surface area contributed by atoms with Crippen molar-refractivity contribution in [2.45, 2.75) is 77.8 Å². The Labute approximate surface area is 342 Å². The molecule has 0 fully saturated rings. The van der Waals surface area contributed by atoms with Gasteiger partial charge in [0.2, 0.25) is 0 Å². The van der Waals surface area contributed by atoms with Crippen molar-refractivity contribution in [3.63, 3.8) is 0 Å². The monoisotopic (exact) mass is 772 g/mol. The zero-order chi connectivity index (χ0) is 40.3. The number of ether oxygens (including phenoxy) is 6. The number of fused-ring (bicyclic) bond motifs is 5. The minimum atomic E-state index is -0.973. The summed E-state index contributed by atoms with van der Waals surface area (Å²) < 4.78 is 39.8. The molecule has 6 aromatic carbocycles. The van der Waals surface area contributed by atoms with Gasteiger partial charge >= 0.3 is 0 Å². The first-order valence-corrected chi connectivity index (χ1v) is 20.7. The van der Waals surface area contributed by atoms with Gasteiger partial charge in [-0.1, -0.05) is 86.6 Å². The van der Waals surface area contributed by atoms with E-state index in [0.29, 0.717) is 13.2 Å². The van der Waals surface area contributed by atoms with Crippen molar-refractivity contribution in [2.24, 2.45) is 0 Å². The molecular weight excluding hydrogens is 721 g/mol. The standard InChI is InChI=1S/C52H52O6/c1-7-35(5)55-48-33-40(53-9-3)23-25-44(48)51(38-17-13-11-14-18-38)31-29-42-46(57-51)27-21-37-22-28-47-43(50(37)42)30-32-52(58-47,39-19-15-12-16-20-39)45-26-24-41(54-10-4)34-49(45)56-36(6)8-2/h11-36H,7-10H2,1-6H3. The number of rotatable bonds is 14. The molecule has 6 heteroatoms. The topological polar surface area (TPSA) is 55.4 Å². The molecule has 0 spiro atoms. The molecule has 2 aliphatic heterocycles. The molecule has 8 rings (SSSR count). The van der Waals surface area contributed by atoms with Crippen LogP contribution in [-0.4, -0.2) is 25.4 Å². The first-order valence-electron chi connectivity index (χ1n) is 20.7. The molecular formula is C52H52O6. The molecule has 0 saturated carbocycles. The number of hydrogen-bond donors (Lipinski definition) is 0. The molecule has 0 radical (unpaired) electrons. The second-order valence-electron chi connectivity index (χ2n) is 15.0. The lowest BCUT2D eigenvalue weighted by atomic mass is 9.81. The molecule has 0 aliphatic carbocycles. The minimum Gasteiger partial charge on any atom is -0.494 e. The molecule has 4 atom stereocenters. The SMILES string of the molecule is CCOc1ccc(C2(c3ccccc3)C=Cc3c(ccc4ccc5c(c34)C=CC(c3ccccc3)(c3ccc(OCC)cc3OC(C)CC)O5)O2)c(OC(C)CC)c1. The normalized spacial score (nSPS) is 18.9. The Balaban J connectivity index is 1.28. The van der Waals surface area contributed by atoms with Crippen LogP contribution in [0.1, 0.15) is 87.8 Å². The quantitative estimate of drug-likeness (QED) is 0.110. The number of hydrogen-bond acceptors (Lipinski definition) is 6. The highest BCUT2D eigenvalue weighted by Gasteiger charge is 2.43. The molecule has 2 heterocycles. The summed E-state index contributed by atoms with van der Waals surface area (Å²) >= 11 is 0. The van der Waals surface area contributed by atoms with Crippen LogP contribution in [0.25, 0.3) is 22.9 Å². The van der Waals surface area contributed by atoms with E-state index < -0.39 is 11.2 Å². The van der Waals surface area contributed by atoms with E-state index in [2.05, 4.69) is 137 Å². The molecule has 2 aliphatic rings. The van der Waals surface area contributed by atoms with Gasteiger partial charge < -0.3 is 28.4 Å². The van der Waals surface area contributed by atoms with Crippen LogP contribution < -0.4 is 28.4 Å². The molecule has 296 valence electrons. The predicted octanol–water partition coefficient (Wildman–Crippen LogP) is 12.7. The lowest BCUT2D eigenvalue weighted by molar-refractivity contribution is 0.147. The van der Waals surface area contributed by atoms with Gasteiger partial charge in [-0.15, -0.1) is 0 Å². The van der Waals surface area contributed by atoms with Crippen LogP contribution >= 0.6 is 0 Å². The molecule has 4 unspecified atom stereocenters. The van der Waals surface area contributed by atoms with Gasteiger partial charge in [-0.25, -0.2) is 0 Å². The largest absolute Gasteiger partial charge is 0.494 e. The lowest BCUT2D eigenvalue weighted by Gasteiger charge is -2.39. The first-order chi connectivity index (χ1) is 28.3. The summed E-state index contributed by atoms with van der Waals surface area (Å²) in [6.07, 6.45) is 10.5. The maximum Gasteiger partial charge on any atom is 0.181 e. The van der Waals surface area contributed by atoms with Crippen LogP contribution in [0.5, 0.6) is 34.5 Å². The highest BCUT2D eigenvalue weighted by atomic mass is 16.5. The van der Waals surface area contributed by atoms with Crippen LogP contribution in [0.4, 0.5) is 0 Å². The van der Waals surface area contributed by atoms with Crippen molar-refractivity contribution in [1.29, 1.82) is 0 Å². The van der Waals surface area contributed by atoms with Crippen LogP contribution in [0.3, 0.4) is 0 Å². The van der Waals surface area contributed by atoms with Gasteiger partial charge in [-0.2, -0.15) is 0 Å². The fraction of sp³-hybridized carbons (Fsp3) is 0.269. The second kappa shape index (κ2) is 16.4. The van der Waals surface area contributed by atoms with Gasteiger partial charge in [0.15, 0.2) is 11.2 Å². The van der Waals surface area contributed by atoms with Crippen molar-refractivity contribution in [3.8, 4) is 34.5 Å². The Kier molecular flexibility index (Phi) is 10.9. The van der Waals surface area contributed by atoms with Gasteiger partial charge in [-0.05, 0) is 107 Å². The van der Waals surface area contributed by atoms with Crippen LogP contribution in [-0.2, 0) is 11.2 Å². The molecule has 0 amide bonds. The Morgan fingerprint density at radius 3 is 1.34 bits per heavy atom. The van der Waals surface area contributed by atoms with Gasteiger partial charge in [0.25, 0.3) is 0 Å². The maximum atomic E-state index is 7.32. The van der Waals surface area contributed by atoms with Gasteiger partial charge in [-0.3, -0.25) is 0 Å². The van der Waals surface area contributed by atoms with E-state index in [-0.39, 0.29) is 12.2 Å². The lowest BCUT2D eigenvalue weighted by Crippen LogP contribution is -2.35. The molecule has 0 N–H and O–H groups in total. The van der Waals surface area contributed by atoms with E-state index in [9.17, 15) is 0 Å². The average Bonchev–Trinajstić information content (AvgIpc) is 3.26. The molecule has 0 aromatic heterocycles. The smallest absolute Gasteiger partial charge is 0.181 e. The van der Waals surface area contributed by atoms with Gasteiger partial charge in [0, 0.05) is 50.9 Å². The third-order valence-corrected chi connectivity index (χ3v) is 11.2. The van der Waals surface area contributed by atoms with E-state index in [1.165, 1.54) is 0 Å². The van der Waals surface area contributed by atoms with Crippen molar-refractivity contribution in [1.82, 2.24) is 0 Å². The molecule has 58 heavy (non-hydrogen) atoms. The highest BCUT2D eigenvalue weighted by Crippen LogP contribution is 2.52. The summed E-state index contributed by atoms with van der Waals surface area (Å²) in [5, 5.41) is 2.14. The van der Waals surface area contributed by atoms with Crippen molar-refractivity contribution >= 4 is 22.9 Å². The second-order valence-corrected chi connectivity index (χ2v) is 15.0. The maximum absolute atomic E-state index is 7.32. The molecule has 6 nitrogen and oxygen atoms in total. The van der Waals surface area contributed by atoms with E-state index in [4.69, 9.17) is 28.4 Å². The third-order valence-electron chi connectivity index (χ3n) is 11.2. The Morgan fingerprint density at radius 1 is 0.517 bits per heavy atom. The summed E-state index contributed by atoms with van der Waals surface area (Å²) in [5.41, 5.74) is 3.82. The molecule has 0 bridgehead atoms. The fourth-order valence-corrected chi connectivity index (χ4v) is 7.97. The van der Waals surface area contributed by atoms with Crippen molar-refractivity contribution < 1.29 is 28.4 Å². The zero-order valence-corrected chi connectivity index (χ0v) is 34.3. The van der Waals surface area contributed by atoms with E-state index >= 15 is 0 Å².